The molecule has 82 valence electrons. The molecule has 0 fully saturated rings. The quantitative estimate of drug-likeness (QED) is 0.760. The second kappa shape index (κ2) is 4.67. The second-order valence-corrected chi connectivity index (χ2v) is 5.46. The molecule has 0 radical (unpaired) electrons. The van der Waals surface area contributed by atoms with E-state index in [2.05, 4.69) is 48.5 Å². The molecule has 1 heterocycles. The number of nitrogens with zero attached hydrogens (tertiary/aromatic N) is 2. The number of nitrogen functional groups attached to an aromatic ring is 1. The predicted octanol–water partition coefficient (Wildman–Crippen LogP) is 3.40. The van der Waals surface area contributed by atoms with Crippen LogP contribution in [0.3, 0.4) is 0 Å². The highest BCUT2D eigenvalue weighted by Crippen LogP contribution is 2.24. The summed E-state index contributed by atoms with van der Waals surface area (Å²) in [5.74, 6) is 1.19. The molecule has 0 atom stereocenters. The molecule has 0 amide bonds. The summed E-state index contributed by atoms with van der Waals surface area (Å²) in [6.45, 7) is 2.03. The number of benzene rings is 1. The lowest BCUT2D eigenvalue weighted by molar-refractivity contribution is 1.16. The SMILES string of the molecule is Cc1cc(Br)ccc1-c1ncc(I)c(N)n1. The van der Waals surface area contributed by atoms with E-state index in [1.807, 2.05) is 25.1 Å². The molecule has 0 spiro atoms. The third-order valence-electron chi connectivity index (χ3n) is 2.20. The Morgan fingerprint density at radius 1 is 1.38 bits per heavy atom. The first-order chi connectivity index (χ1) is 7.58. The highest BCUT2D eigenvalue weighted by molar-refractivity contribution is 14.1. The van der Waals surface area contributed by atoms with E-state index in [0.717, 1.165) is 19.2 Å². The van der Waals surface area contributed by atoms with Crippen molar-refractivity contribution in [2.45, 2.75) is 6.92 Å². The zero-order chi connectivity index (χ0) is 11.7. The molecule has 5 heteroatoms. The number of rotatable bonds is 1. The Kier molecular flexibility index (Phi) is 3.44. The average molecular weight is 390 g/mol. The minimum atomic E-state index is 0.521. The van der Waals surface area contributed by atoms with Gasteiger partial charge >= 0.3 is 0 Å². The predicted molar refractivity (Wildman–Crippen MR) is 77.0 cm³/mol. The highest BCUT2D eigenvalue weighted by atomic mass is 127. The van der Waals surface area contributed by atoms with Gasteiger partial charge in [-0.05, 0) is 53.3 Å². The largest absolute Gasteiger partial charge is 0.383 e. The van der Waals surface area contributed by atoms with E-state index in [0.29, 0.717) is 11.6 Å². The van der Waals surface area contributed by atoms with Gasteiger partial charge in [-0.1, -0.05) is 15.9 Å². The molecular formula is C11H9BrIN3. The molecule has 2 aromatic rings. The van der Waals surface area contributed by atoms with Gasteiger partial charge in [-0.3, -0.25) is 0 Å². The van der Waals surface area contributed by atoms with Crippen molar-refractivity contribution in [2.24, 2.45) is 0 Å². The highest BCUT2D eigenvalue weighted by Gasteiger charge is 2.07. The van der Waals surface area contributed by atoms with Gasteiger partial charge in [0.15, 0.2) is 5.82 Å². The van der Waals surface area contributed by atoms with E-state index in [1.54, 1.807) is 6.20 Å². The van der Waals surface area contributed by atoms with Crippen molar-refractivity contribution < 1.29 is 0 Å². The summed E-state index contributed by atoms with van der Waals surface area (Å²) in [4.78, 5) is 8.56. The van der Waals surface area contributed by atoms with Crippen LogP contribution in [0.5, 0.6) is 0 Å². The molecule has 0 aliphatic heterocycles. The molecule has 1 aromatic carbocycles. The van der Waals surface area contributed by atoms with Crippen molar-refractivity contribution in [3.8, 4) is 11.4 Å². The van der Waals surface area contributed by atoms with Crippen LogP contribution in [0.2, 0.25) is 0 Å². The van der Waals surface area contributed by atoms with Gasteiger partial charge in [0.1, 0.15) is 5.82 Å². The first kappa shape index (κ1) is 11.8. The van der Waals surface area contributed by atoms with Crippen molar-refractivity contribution in [1.82, 2.24) is 9.97 Å². The maximum atomic E-state index is 5.77. The fourth-order valence-corrected chi connectivity index (χ4v) is 2.12. The molecule has 0 aliphatic rings. The summed E-state index contributed by atoms with van der Waals surface area (Å²) in [7, 11) is 0. The van der Waals surface area contributed by atoms with Crippen LogP contribution in [0.1, 0.15) is 5.56 Å². The molecule has 2 N–H and O–H groups in total. The van der Waals surface area contributed by atoms with E-state index >= 15 is 0 Å². The smallest absolute Gasteiger partial charge is 0.161 e. The zero-order valence-electron chi connectivity index (χ0n) is 8.54. The third-order valence-corrected chi connectivity index (χ3v) is 3.52. The van der Waals surface area contributed by atoms with Gasteiger partial charge in [-0.15, -0.1) is 0 Å². The van der Waals surface area contributed by atoms with Gasteiger partial charge in [-0.2, -0.15) is 0 Å². The molecule has 0 saturated heterocycles. The Morgan fingerprint density at radius 3 is 2.75 bits per heavy atom. The molecule has 0 saturated carbocycles. The van der Waals surface area contributed by atoms with Crippen molar-refractivity contribution in [3.63, 3.8) is 0 Å². The minimum absolute atomic E-state index is 0.521. The Bertz CT molecular complexity index is 543. The van der Waals surface area contributed by atoms with E-state index in [-0.39, 0.29) is 0 Å². The number of halogens is 2. The number of aryl methyl sites for hydroxylation is 1. The topological polar surface area (TPSA) is 51.8 Å². The van der Waals surface area contributed by atoms with Crippen LogP contribution >= 0.6 is 38.5 Å². The fourth-order valence-electron chi connectivity index (χ4n) is 1.39. The lowest BCUT2D eigenvalue weighted by atomic mass is 10.1. The monoisotopic (exact) mass is 389 g/mol. The third kappa shape index (κ3) is 2.35. The van der Waals surface area contributed by atoms with Gasteiger partial charge in [0.05, 0.1) is 3.57 Å². The Labute approximate surface area is 116 Å². The van der Waals surface area contributed by atoms with Crippen molar-refractivity contribution >= 4 is 44.3 Å². The molecule has 0 aliphatic carbocycles. The van der Waals surface area contributed by atoms with Crippen LogP contribution in [-0.4, -0.2) is 9.97 Å². The van der Waals surface area contributed by atoms with Gasteiger partial charge in [-0.25, -0.2) is 9.97 Å². The molecule has 3 nitrogen and oxygen atoms in total. The summed E-state index contributed by atoms with van der Waals surface area (Å²) in [5.41, 5.74) is 7.90. The maximum Gasteiger partial charge on any atom is 0.161 e. The van der Waals surface area contributed by atoms with Crippen LogP contribution < -0.4 is 5.73 Å². The standard InChI is InChI=1S/C11H9BrIN3/c1-6-4-7(12)2-3-8(6)11-15-5-9(13)10(14)16-11/h2-5H,1H3,(H2,14,15,16). The maximum absolute atomic E-state index is 5.77. The molecule has 2 rings (SSSR count). The molecule has 16 heavy (non-hydrogen) atoms. The van der Waals surface area contributed by atoms with E-state index < -0.39 is 0 Å². The summed E-state index contributed by atoms with van der Waals surface area (Å²) in [6.07, 6.45) is 1.74. The fraction of sp³-hybridized carbons (Fsp3) is 0.0909. The Morgan fingerprint density at radius 2 is 2.12 bits per heavy atom. The lowest BCUT2D eigenvalue weighted by Gasteiger charge is -2.06. The Balaban J connectivity index is 2.54. The van der Waals surface area contributed by atoms with Crippen molar-refractivity contribution in [2.75, 3.05) is 5.73 Å². The lowest BCUT2D eigenvalue weighted by Crippen LogP contribution is -1.99. The van der Waals surface area contributed by atoms with E-state index in [4.69, 9.17) is 5.73 Å². The van der Waals surface area contributed by atoms with Gasteiger partial charge in [0.25, 0.3) is 0 Å². The zero-order valence-corrected chi connectivity index (χ0v) is 12.3. The second-order valence-electron chi connectivity index (χ2n) is 3.39. The van der Waals surface area contributed by atoms with Crippen molar-refractivity contribution in [1.29, 1.82) is 0 Å². The first-order valence-corrected chi connectivity index (χ1v) is 6.49. The van der Waals surface area contributed by atoms with Gasteiger partial charge in [0, 0.05) is 16.2 Å². The number of nitrogens with two attached hydrogens (primary N) is 1. The van der Waals surface area contributed by atoms with Crippen LogP contribution in [0.4, 0.5) is 5.82 Å². The summed E-state index contributed by atoms with van der Waals surface area (Å²) in [5, 5.41) is 0. The summed E-state index contributed by atoms with van der Waals surface area (Å²) in [6, 6.07) is 5.99. The van der Waals surface area contributed by atoms with Crippen LogP contribution in [0.25, 0.3) is 11.4 Å². The minimum Gasteiger partial charge on any atom is -0.383 e. The number of anilines is 1. The Hall–Kier alpha value is -0.690. The van der Waals surface area contributed by atoms with Gasteiger partial charge < -0.3 is 5.73 Å². The van der Waals surface area contributed by atoms with E-state index in [9.17, 15) is 0 Å². The molecule has 0 unspecified atom stereocenters. The summed E-state index contributed by atoms with van der Waals surface area (Å²) >= 11 is 5.55. The first-order valence-electron chi connectivity index (χ1n) is 4.62. The molecule has 0 bridgehead atoms. The van der Waals surface area contributed by atoms with Crippen LogP contribution in [0, 0.1) is 10.5 Å². The molecular weight excluding hydrogens is 381 g/mol. The number of hydrogen-bond donors (Lipinski definition) is 1. The molecule has 1 aromatic heterocycles. The van der Waals surface area contributed by atoms with E-state index in [1.165, 1.54) is 0 Å². The van der Waals surface area contributed by atoms with Crippen LogP contribution in [-0.2, 0) is 0 Å². The number of hydrogen-bond acceptors (Lipinski definition) is 3. The normalized spacial score (nSPS) is 10.4. The van der Waals surface area contributed by atoms with Crippen molar-refractivity contribution in [3.05, 3.63) is 38.0 Å². The van der Waals surface area contributed by atoms with Crippen LogP contribution in [0.15, 0.2) is 28.9 Å². The summed E-state index contributed by atoms with van der Waals surface area (Å²) < 4.78 is 1.92. The average Bonchev–Trinajstić information content (AvgIpc) is 2.22. The van der Waals surface area contributed by atoms with Gasteiger partial charge in [0.2, 0.25) is 0 Å². The number of aromatic nitrogens is 2.